The number of nitrogens with one attached hydrogen (secondary N) is 1. The van der Waals surface area contributed by atoms with Crippen LogP contribution in [0.4, 0.5) is 0 Å². The number of hydrogen-bond donors (Lipinski definition) is 1. The van der Waals surface area contributed by atoms with E-state index in [1.165, 1.54) is 0 Å². The lowest BCUT2D eigenvalue weighted by Gasteiger charge is -2.32. The first-order valence-electron chi connectivity index (χ1n) is 13.0. The van der Waals surface area contributed by atoms with E-state index in [0.717, 1.165) is 28.0 Å². The molecule has 0 saturated carbocycles. The molecule has 194 valence electrons. The molecule has 0 aliphatic heterocycles. The van der Waals surface area contributed by atoms with E-state index in [2.05, 4.69) is 5.32 Å². The molecule has 4 aromatic rings. The minimum Gasteiger partial charge on any atom is -0.497 e. The van der Waals surface area contributed by atoms with Gasteiger partial charge < -0.3 is 15.0 Å². The van der Waals surface area contributed by atoms with E-state index in [-0.39, 0.29) is 11.8 Å². The van der Waals surface area contributed by atoms with Gasteiger partial charge in [0.25, 0.3) is 0 Å². The molecule has 0 aliphatic carbocycles. The monoisotopic (exact) mass is 506 g/mol. The lowest BCUT2D eigenvalue weighted by Crippen LogP contribution is -2.44. The first-order valence-corrected chi connectivity index (χ1v) is 13.0. The van der Waals surface area contributed by atoms with Gasteiger partial charge in [-0.3, -0.25) is 9.59 Å². The number of methoxy groups -OCH3 is 1. The summed E-state index contributed by atoms with van der Waals surface area (Å²) in [5.74, 6) is 0.486. The van der Waals surface area contributed by atoms with Gasteiger partial charge in [-0.05, 0) is 47.2 Å². The number of nitrogens with zero attached hydrogens (tertiary/aromatic N) is 1. The quantitative estimate of drug-likeness (QED) is 0.266. The highest BCUT2D eigenvalue weighted by Gasteiger charge is 2.31. The van der Waals surface area contributed by atoms with Crippen LogP contribution in [0.2, 0.25) is 0 Å². The third kappa shape index (κ3) is 7.56. The van der Waals surface area contributed by atoms with E-state index in [0.29, 0.717) is 32.4 Å². The van der Waals surface area contributed by atoms with Gasteiger partial charge in [0.1, 0.15) is 11.8 Å². The van der Waals surface area contributed by atoms with Gasteiger partial charge >= 0.3 is 0 Å². The van der Waals surface area contributed by atoms with Gasteiger partial charge in [0.05, 0.1) is 7.11 Å². The summed E-state index contributed by atoms with van der Waals surface area (Å²) in [6, 6.07) is 36.4. The van der Waals surface area contributed by atoms with Gasteiger partial charge in [0.15, 0.2) is 0 Å². The predicted octanol–water partition coefficient (Wildman–Crippen LogP) is 5.76. The SMILES string of the molecule is COc1ccc(CN(C(=O)CCc2ccccc2)[C@@H](C(=O)NCCc2ccccc2)c2ccccc2)cc1. The van der Waals surface area contributed by atoms with Crippen LogP contribution in [0.25, 0.3) is 0 Å². The second kappa shape index (κ2) is 13.8. The van der Waals surface area contributed by atoms with E-state index in [1.54, 1.807) is 12.0 Å². The molecular formula is C33H34N2O3. The molecule has 0 saturated heterocycles. The van der Waals surface area contributed by atoms with Crippen LogP contribution in [0.15, 0.2) is 115 Å². The van der Waals surface area contributed by atoms with Crippen molar-refractivity contribution in [3.05, 3.63) is 138 Å². The van der Waals surface area contributed by atoms with Gasteiger partial charge in [0, 0.05) is 19.5 Å². The van der Waals surface area contributed by atoms with Gasteiger partial charge in [-0.25, -0.2) is 0 Å². The molecule has 38 heavy (non-hydrogen) atoms. The highest BCUT2D eigenvalue weighted by molar-refractivity contribution is 5.88. The number of hydrogen-bond acceptors (Lipinski definition) is 3. The maximum Gasteiger partial charge on any atom is 0.247 e. The highest BCUT2D eigenvalue weighted by atomic mass is 16.5. The van der Waals surface area contributed by atoms with Crippen LogP contribution >= 0.6 is 0 Å². The molecule has 4 aromatic carbocycles. The smallest absolute Gasteiger partial charge is 0.247 e. The Bertz CT molecular complexity index is 1280. The van der Waals surface area contributed by atoms with Crippen molar-refractivity contribution in [2.24, 2.45) is 0 Å². The maximum absolute atomic E-state index is 13.8. The van der Waals surface area contributed by atoms with Crippen LogP contribution in [-0.4, -0.2) is 30.4 Å². The fraction of sp³-hybridized carbons (Fsp3) is 0.212. The van der Waals surface area contributed by atoms with Gasteiger partial charge in [-0.15, -0.1) is 0 Å². The molecule has 2 amide bonds. The van der Waals surface area contributed by atoms with E-state index in [1.807, 2.05) is 115 Å². The summed E-state index contributed by atoms with van der Waals surface area (Å²) in [7, 11) is 1.62. The number of ether oxygens (including phenoxy) is 1. The molecule has 5 heteroatoms. The van der Waals surface area contributed by atoms with Gasteiger partial charge in [-0.1, -0.05) is 103 Å². The van der Waals surface area contributed by atoms with E-state index in [9.17, 15) is 9.59 Å². The third-order valence-electron chi connectivity index (χ3n) is 6.53. The van der Waals surface area contributed by atoms with Crippen LogP contribution < -0.4 is 10.1 Å². The molecule has 0 heterocycles. The zero-order valence-corrected chi connectivity index (χ0v) is 21.8. The average Bonchev–Trinajstić information content (AvgIpc) is 2.97. The summed E-state index contributed by atoms with van der Waals surface area (Å²) < 4.78 is 5.30. The fourth-order valence-electron chi connectivity index (χ4n) is 4.47. The average molecular weight is 507 g/mol. The van der Waals surface area contributed by atoms with Crippen LogP contribution in [0.1, 0.15) is 34.7 Å². The summed E-state index contributed by atoms with van der Waals surface area (Å²) in [4.78, 5) is 29.2. The molecule has 0 radical (unpaired) electrons. The molecule has 0 fully saturated rings. The maximum atomic E-state index is 13.8. The van der Waals surface area contributed by atoms with Crippen LogP contribution in [-0.2, 0) is 29.0 Å². The highest BCUT2D eigenvalue weighted by Crippen LogP contribution is 2.26. The molecule has 1 N–H and O–H groups in total. The Hall–Kier alpha value is -4.38. The second-order valence-electron chi connectivity index (χ2n) is 9.20. The Kier molecular flexibility index (Phi) is 9.69. The normalized spacial score (nSPS) is 11.4. The van der Waals surface area contributed by atoms with Crippen LogP contribution in [0.5, 0.6) is 5.75 Å². The Labute approximate surface area is 225 Å². The molecule has 4 rings (SSSR count). The van der Waals surface area contributed by atoms with E-state index >= 15 is 0 Å². The first kappa shape index (κ1) is 26.7. The Morgan fingerprint density at radius 1 is 0.711 bits per heavy atom. The zero-order chi connectivity index (χ0) is 26.6. The Morgan fingerprint density at radius 2 is 1.26 bits per heavy atom. The van der Waals surface area contributed by atoms with Crippen molar-refractivity contribution in [3.8, 4) is 5.75 Å². The molecule has 0 aliphatic rings. The summed E-state index contributed by atoms with van der Waals surface area (Å²) in [5.41, 5.74) is 3.95. The molecule has 0 spiro atoms. The molecule has 5 nitrogen and oxygen atoms in total. The standard InChI is InChI=1S/C33H34N2O3/c1-38-30-20-17-28(18-21-30)25-35(31(36)22-19-26-11-5-2-6-12-26)32(29-15-9-4-10-16-29)33(37)34-24-23-27-13-7-3-8-14-27/h2-18,20-21,32H,19,22-25H2,1H3,(H,34,37)/t32-/m1/s1. The lowest BCUT2D eigenvalue weighted by atomic mass is 10.0. The zero-order valence-electron chi connectivity index (χ0n) is 21.8. The summed E-state index contributed by atoms with van der Waals surface area (Å²) in [6.07, 6.45) is 1.63. The number of carbonyl (C=O) groups is 2. The summed E-state index contributed by atoms with van der Waals surface area (Å²) in [6.45, 7) is 0.796. The Morgan fingerprint density at radius 3 is 1.84 bits per heavy atom. The number of rotatable bonds is 12. The number of benzene rings is 4. The molecule has 1 atom stereocenters. The lowest BCUT2D eigenvalue weighted by molar-refractivity contribution is -0.141. The second-order valence-corrected chi connectivity index (χ2v) is 9.20. The number of amides is 2. The van der Waals surface area contributed by atoms with E-state index < -0.39 is 6.04 Å². The molecular weight excluding hydrogens is 472 g/mol. The van der Waals surface area contributed by atoms with Gasteiger partial charge in [0.2, 0.25) is 11.8 Å². The van der Waals surface area contributed by atoms with Crippen molar-refractivity contribution < 1.29 is 14.3 Å². The van der Waals surface area contributed by atoms with Crippen molar-refractivity contribution >= 4 is 11.8 Å². The molecule has 0 unspecified atom stereocenters. The molecule has 0 aromatic heterocycles. The summed E-state index contributed by atoms with van der Waals surface area (Å²) >= 11 is 0. The van der Waals surface area contributed by atoms with Gasteiger partial charge in [-0.2, -0.15) is 0 Å². The molecule has 0 bridgehead atoms. The first-order chi connectivity index (χ1) is 18.6. The number of carbonyl (C=O) groups excluding carboxylic acids is 2. The number of aryl methyl sites for hydroxylation is 1. The van der Waals surface area contributed by atoms with Crippen LogP contribution in [0.3, 0.4) is 0 Å². The van der Waals surface area contributed by atoms with Crippen LogP contribution in [0, 0.1) is 0 Å². The largest absolute Gasteiger partial charge is 0.497 e. The van der Waals surface area contributed by atoms with Crippen molar-refractivity contribution in [1.82, 2.24) is 10.2 Å². The minimum atomic E-state index is -0.752. The third-order valence-corrected chi connectivity index (χ3v) is 6.53. The fourth-order valence-corrected chi connectivity index (χ4v) is 4.47. The summed E-state index contributed by atoms with van der Waals surface area (Å²) in [5, 5.41) is 3.09. The van der Waals surface area contributed by atoms with Crippen molar-refractivity contribution in [1.29, 1.82) is 0 Å². The minimum absolute atomic E-state index is 0.0725. The van der Waals surface area contributed by atoms with Crippen molar-refractivity contribution in [2.75, 3.05) is 13.7 Å². The van der Waals surface area contributed by atoms with Crippen molar-refractivity contribution in [2.45, 2.75) is 31.8 Å². The van der Waals surface area contributed by atoms with E-state index in [4.69, 9.17) is 4.74 Å². The van der Waals surface area contributed by atoms with Crippen molar-refractivity contribution in [3.63, 3.8) is 0 Å². The predicted molar refractivity (Wildman–Crippen MR) is 151 cm³/mol. The Balaban J connectivity index is 1.59. The topological polar surface area (TPSA) is 58.6 Å².